The van der Waals surface area contributed by atoms with Crippen LogP contribution in [0.5, 0.6) is 0 Å². The third-order valence-electron chi connectivity index (χ3n) is 5.12. The molecule has 21 heavy (non-hydrogen) atoms. The van der Waals surface area contributed by atoms with Gasteiger partial charge < -0.3 is 19.4 Å². The van der Waals surface area contributed by atoms with Crippen molar-refractivity contribution in [1.29, 1.82) is 0 Å². The molecule has 120 valence electrons. The van der Waals surface area contributed by atoms with Crippen LogP contribution in [-0.2, 0) is 18.8 Å². The fourth-order valence-electron chi connectivity index (χ4n) is 3.10. The van der Waals surface area contributed by atoms with Gasteiger partial charge in [0.2, 0.25) is 0 Å². The van der Waals surface area contributed by atoms with Gasteiger partial charge in [-0.1, -0.05) is 6.42 Å². The van der Waals surface area contributed by atoms with Crippen LogP contribution in [0.3, 0.4) is 0 Å². The number of methoxy groups -OCH3 is 1. The van der Waals surface area contributed by atoms with Crippen molar-refractivity contribution in [3.63, 3.8) is 0 Å². The lowest BCUT2D eigenvalue weighted by atomic mass is 9.80. The summed E-state index contributed by atoms with van der Waals surface area (Å²) in [6, 6.07) is -0.145. The number of carbonyl (C=O) groups is 1. The lowest BCUT2D eigenvalue weighted by Crippen LogP contribution is -2.41. The minimum atomic E-state index is -0.263. The fourth-order valence-corrected chi connectivity index (χ4v) is 3.10. The summed E-state index contributed by atoms with van der Waals surface area (Å²) in [4.78, 5) is 11.7. The molecule has 2 heterocycles. The number of nitrogens with one attached hydrogen (secondary N) is 1. The molecule has 6 heteroatoms. The third kappa shape index (κ3) is 3.60. The monoisotopic (exact) mass is 297 g/mol. The first-order valence-electron chi connectivity index (χ1n) is 7.94. The van der Waals surface area contributed by atoms with Gasteiger partial charge in [0.15, 0.2) is 0 Å². The molecule has 0 amide bonds. The first kappa shape index (κ1) is 16.8. The van der Waals surface area contributed by atoms with Gasteiger partial charge in [-0.3, -0.25) is 4.79 Å². The van der Waals surface area contributed by atoms with Gasteiger partial charge in [0, 0.05) is 0 Å². The van der Waals surface area contributed by atoms with E-state index in [0.717, 1.165) is 32.1 Å². The van der Waals surface area contributed by atoms with Gasteiger partial charge in [-0.2, -0.15) is 0 Å². The molecule has 0 aromatic carbocycles. The van der Waals surface area contributed by atoms with E-state index in [1.54, 1.807) is 0 Å². The molecule has 0 aliphatic carbocycles. The Hall–Kier alpha value is -0.585. The molecule has 0 saturated carbocycles. The Morgan fingerprint density at radius 3 is 2.48 bits per heavy atom. The topological polar surface area (TPSA) is 56.8 Å². The van der Waals surface area contributed by atoms with E-state index in [1.165, 1.54) is 7.11 Å². The molecule has 5 nitrogen and oxygen atoms in total. The third-order valence-corrected chi connectivity index (χ3v) is 5.12. The zero-order chi connectivity index (χ0) is 15.7. The highest BCUT2D eigenvalue weighted by Crippen LogP contribution is 2.38. The van der Waals surface area contributed by atoms with E-state index >= 15 is 0 Å². The van der Waals surface area contributed by atoms with E-state index < -0.39 is 0 Å². The van der Waals surface area contributed by atoms with Gasteiger partial charge in [-0.25, -0.2) is 0 Å². The van der Waals surface area contributed by atoms with Crippen LogP contribution in [0.4, 0.5) is 0 Å². The van der Waals surface area contributed by atoms with Crippen LogP contribution in [0.2, 0.25) is 6.32 Å². The zero-order valence-electron chi connectivity index (χ0n) is 13.9. The largest absolute Gasteiger partial charge is 0.468 e. The highest BCUT2D eigenvalue weighted by atomic mass is 16.7. The van der Waals surface area contributed by atoms with Crippen LogP contribution < -0.4 is 5.32 Å². The smallest absolute Gasteiger partial charge is 0.457 e. The molecule has 0 aromatic heterocycles. The number of ether oxygens (including phenoxy) is 1. The Morgan fingerprint density at radius 1 is 1.29 bits per heavy atom. The summed E-state index contributed by atoms with van der Waals surface area (Å²) >= 11 is 0. The second kappa shape index (κ2) is 6.27. The van der Waals surface area contributed by atoms with Gasteiger partial charge in [0.1, 0.15) is 6.04 Å². The molecular formula is C15H28BNO4. The Bertz CT molecular complexity index is 370. The van der Waals surface area contributed by atoms with E-state index in [-0.39, 0.29) is 30.3 Å². The first-order valence-corrected chi connectivity index (χ1v) is 7.94. The molecule has 0 aromatic rings. The standard InChI is InChI=1S/C15H28BNO4/c1-14(2)15(3,4)21-16(20-14)9-6-7-11-8-10-17-12(11)13(18)19-5/h11-12,17H,6-10H2,1-5H3. The summed E-state index contributed by atoms with van der Waals surface area (Å²) in [6.45, 7) is 9.17. The first-order chi connectivity index (χ1) is 9.77. The van der Waals surface area contributed by atoms with Crippen molar-refractivity contribution in [3.8, 4) is 0 Å². The minimum Gasteiger partial charge on any atom is -0.468 e. The van der Waals surface area contributed by atoms with E-state index in [0.29, 0.717) is 5.92 Å². The van der Waals surface area contributed by atoms with Crippen LogP contribution >= 0.6 is 0 Å². The molecule has 2 aliphatic rings. The average Bonchev–Trinajstić information content (AvgIpc) is 2.92. The SMILES string of the molecule is COC(=O)C1NCCC1CCCB1OC(C)(C)C(C)(C)O1. The predicted octanol–water partition coefficient (Wildman–Crippen LogP) is 2.01. The maximum Gasteiger partial charge on any atom is 0.457 e. The zero-order valence-corrected chi connectivity index (χ0v) is 13.9. The van der Waals surface area contributed by atoms with Crippen molar-refractivity contribution in [1.82, 2.24) is 5.32 Å². The summed E-state index contributed by atoms with van der Waals surface area (Å²) < 4.78 is 16.8. The van der Waals surface area contributed by atoms with Crippen molar-refractivity contribution < 1.29 is 18.8 Å². The van der Waals surface area contributed by atoms with Crippen LogP contribution in [0.1, 0.15) is 47.0 Å². The number of esters is 1. The summed E-state index contributed by atoms with van der Waals surface area (Å²) in [5.41, 5.74) is -0.526. The molecule has 2 atom stereocenters. The molecule has 2 saturated heterocycles. The lowest BCUT2D eigenvalue weighted by molar-refractivity contribution is -0.143. The minimum absolute atomic E-state index is 0.138. The van der Waals surface area contributed by atoms with Gasteiger partial charge in [-0.05, 0) is 59.3 Å². The number of hydrogen-bond acceptors (Lipinski definition) is 5. The molecule has 2 rings (SSSR count). The fraction of sp³-hybridized carbons (Fsp3) is 0.933. The Morgan fingerprint density at radius 2 is 1.90 bits per heavy atom. The number of hydrogen-bond donors (Lipinski definition) is 1. The van der Waals surface area contributed by atoms with Crippen molar-refractivity contribution in [3.05, 3.63) is 0 Å². The van der Waals surface area contributed by atoms with Crippen LogP contribution in [0.25, 0.3) is 0 Å². The maximum absolute atomic E-state index is 11.7. The predicted molar refractivity (Wildman–Crippen MR) is 82.0 cm³/mol. The van der Waals surface area contributed by atoms with Crippen LogP contribution in [0, 0.1) is 5.92 Å². The second-order valence-corrected chi connectivity index (χ2v) is 7.12. The van der Waals surface area contributed by atoms with E-state index in [9.17, 15) is 4.79 Å². The lowest BCUT2D eigenvalue weighted by Gasteiger charge is -2.32. The van der Waals surface area contributed by atoms with Crippen LogP contribution in [0.15, 0.2) is 0 Å². The van der Waals surface area contributed by atoms with Crippen molar-refractivity contribution in [2.75, 3.05) is 13.7 Å². The molecule has 2 fully saturated rings. The van der Waals surface area contributed by atoms with Crippen molar-refractivity contribution in [2.24, 2.45) is 5.92 Å². The van der Waals surface area contributed by atoms with Gasteiger partial charge >= 0.3 is 13.1 Å². The van der Waals surface area contributed by atoms with Gasteiger partial charge in [0.25, 0.3) is 0 Å². The Kier molecular flexibility index (Phi) is 5.01. The number of rotatable bonds is 5. The molecule has 0 spiro atoms. The van der Waals surface area contributed by atoms with Crippen LogP contribution in [-0.4, -0.2) is 44.0 Å². The Labute approximate surface area is 128 Å². The average molecular weight is 297 g/mol. The summed E-state index contributed by atoms with van der Waals surface area (Å²) in [6.07, 6.45) is 3.90. The molecular weight excluding hydrogens is 269 g/mol. The van der Waals surface area contributed by atoms with Gasteiger partial charge in [-0.15, -0.1) is 0 Å². The summed E-state index contributed by atoms with van der Waals surface area (Å²) in [7, 11) is 1.31. The van der Waals surface area contributed by atoms with Gasteiger partial charge in [0.05, 0.1) is 18.3 Å². The summed E-state index contributed by atoms with van der Waals surface area (Å²) in [5.74, 6) is 0.216. The normalized spacial score (nSPS) is 30.6. The second-order valence-electron chi connectivity index (χ2n) is 7.12. The highest BCUT2D eigenvalue weighted by molar-refractivity contribution is 6.45. The van der Waals surface area contributed by atoms with E-state index in [2.05, 4.69) is 33.0 Å². The molecule has 1 N–H and O–H groups in total. The quantitative estimate of drug-likeness (QED) is 0.621. The summed E-state index contributed by atoms with van der Waals surface area (Å²) in [5, 5.41) is 3.22. The Balaban J connectivity index is 1.77. The van der Waals surface area contributed by atoms with Crippen molar-refractivity contribution in [2.45, 2.75) is 70.5 Å². The maximum atomic E-state index is 11.7. The molecule has 2 unspecified atom stereocenters. The molecule has 0 bridgehead atoms. The van der Waals surface area contributed by atoms with Crippen molar-refractivity contribution >= 4 is 13.1 Å². The van der Waals surface area contributed by atoms with E-state index in [1.807, 2.05) is 0 Å². The highest BCUT2D eigenvalue weighted by Gasteiger charge is 2.50. The van der Waals surface area contributed by atoms with E-state index in [4.69, 9.17) is 14.0 Å². The molecule has 2 aliphatic heterocycles. The number of carbonyl (C=O) groups excluding carboxylic acids is 1. The molecule has 0 radical (unpaired) electrons.